The zero-order valence-electron chi connectivity index (χ0n) is 24.2. The fourth-order valence-corrected chi connectivity index (χ4v) is 7.29. The van der Waals surface area contributed by atoms with Crippen LogP contribution in [0.25, 0.3) is 0 Å². The molecule has 3 aliphatic rings. The number of rotatable bonds is 8. The van der Waals surface area contributed by atoms with Crippen LogP contribution in [0.15, 0.2) is 109 Å². The second-order valence-electron chi connectivity index (χ2n) is 11.8. The average Bonchev–Trinajstić information content (AvgIpc) is 3.75. The zero-order valence-corrected chi connectivity index (χ0v) is 24.2. The first-order valence-electron chi connectivity index (χ1n) is 15.0. The van der Waals surface area contributed by atoms with Gasteiger partial charge in [0.1, 0.15) is 5.75 Å². The summed E-state index contributed by atoms with van der Waals surface area (Å²) in [5.41, 5.74) is 2.54. The summed E-state index contributed by atoms with van der Waals surface area (Å²) in [5.74, 6) is -1.68. The Morgan fingerprint density at radius 2 is 1.24 bits per heavy atom. The van der Waals surface area contributed by atoms with E-state index in [0.29, 0.717) is 11.3 Å². The second kappa shape index (κ2) is 11.6. The number of Topliss-reactive ketones (excluding diaryl/α,β-unsaturated/α-hetero) is 1. The van der Waals surface area contributed by atoms with E-state index >= 15 is 0 Å². The third-order valence-corrected chi connectivity index (χ3v) is 9.34. The zero-order chi connectivity index (χ0) is 31.1. The van der Waals surface area contributed by atoms with Crippen LogP contribution in [0.2, 0.25) is 0 Å². The number of imide groups is 1. The lowest BCUT2D eigenvalue weighted by atomic mass is 9.73. The molecule has 2 bridgehead atoms. The number of esters is 2. The van der Waals surface area contributed by atoms with Crippen LogP contribution in [0.4, 0.5) is 5.69 Å². The molecule has 4 aromatic rings. The number of carbonyl (C=O) groups excluding carboxylic acids is 5. The molecule has 8 nitrogen and oxygen atoms in total. The number of ether oxygens (including phenoxy) is 2. The lowest BCUT2D eigenvalue weighted by molar-refractivity contribution is -0.123. The summed E-state index contributed by atoms with van der Waals surface area (Å²) in [6, 6.07) is 30.9. The minimum atomic E-state index is -0.706. The van der Waals surface area contributed by atoms with Gasteiger partial charge in [-0.2, -0.15) is 0 Å². The van der Waals surface area contributed by atoms with Gasteiger partial charge in [0.05, 0.1) is 28.7 Å². The highest BCUT2D eigenvalue weighted by Gasteiger charge is 2.64. The number of anilines is 1. The lowest BCUT2D eigenvalue weighted by Gasteiger charge is -2.28. The molecule has 0 aromatic heterocycles. The van der Waals surface area contributed by atoms with Crippen molar-refractivity contribution in [3.05, 3.63) is 131 Å². The van der Waals surface area contributed by atoms with E-state index in [1.807, 2.05) is 18.2 Å². The van der Waals surface area contributed by atoms with Crippen molar-refractivity contribution < 1.29 is 33.4 Å². The molecule has 1 heterocycles. The van der Waals surface area contributed by atoms with Crippen LogP contribution in [0, 0.1) is 23.7 Å². The SMILES string of the molecule is O=C(COC(=O)c1ccc(N2C(=O)[C@@H]3[C@@H]4C[C@@H]([C@H]3C2=O)[C@@H](c2ccccc2)C4)cc1)c1ccc(OC(=O)c2ccccc2)cc1. The summed E-state index contributed by atoms with van der Waals surface area (Å²) >= 11 is 0. The number of hydrogen-bond donors (Lipinski definition) is 0. The molecule has 0 unspecified atom stereocenters. The predicted molar refractivity (Wildman–Crippen MR) is 164 cm³/mol. The average molecular weight is 600 g/mol. The first-order valence-corrected chi connectivity index (χ1v) is 15.0. The Morgan fingerprint density at radius 1 is 0.644 bits per heavy atom. The number of ketones is 1. The van der Waals surface area contributed by atoms with Gasteiger partial charge in [-0.3, -0.25) is 19.3 Å². The van der Waals surface area contributed by atoms with Crippen LogP contribution in [0.5, 0.6) is 5.75 Å². The Kier molecular flexibility index (Phi) is 7.33. The van der Waals surface area contributed by atoms with Crippen molar-refractivity contribution in [3.8, 4) is 5.75 Å². The molecule has 1 saturated heterocycles. The molecule has 0 spiro atoms. The topological polar surface area (TPSA) is 107 Å². The highest BCUT2D eigenvalue weighted by atomic mass is 16.5. The number of fused-ring (bicyclic) bond motifs is 5. The van der Waals surface area contributed by atoms with Crippen LogP contribution >= 0.6 is 0 Å². The fourth-order valence-electron chi connectivity index (χ4n) is 7.29. The van der Waals surface area contributed by atoms with Crippen molar-refractivity contribution in [2.24, 2.45) is 23.7 Å². The third kappa shape index (κ3) is 5.22. The van der Waals surface area contributed by atoms with Crippen LogP contribution in [0.3, 0.4) is 0 Å². The van der Waals surface area contributed by atoms with Gasteiger partial charge in [-0.05, 0) is 96.8 Å². The molecule has 0 radical (unpaired) electrons. The number of amides is 2. The molecule has 2 saturated carbocycles. The van der Waals surface area contributed by atoms with E-state index < -0.39 is 24.3 Å². The summed E-state index contributed by atoms with van der Waals surface area (Å²) < 4.78 is 10.6. The minimum absolute atomic E-state index is 0.149. The van der Waals surface area contributed by atoms with E-state index in [4.69, 9.17) is 9.47 Å². The monoisotopic (exact) mass is 599 g/mol. The molecule has 45 heavy (non-hydrogen) atoms. The predicted octanol–water partition coefficient (Wildman–Crippen LogP) is 5.87. The molecule has 5 atom stereocenters. The highest BCUT2D eigenvalue weighted by molar-refractivity contribution is 6.22. The van der Waals surface area contributed by atoms with Crippen molar-refractivity contribution in [1.82, 2.24) is 0 Å². The van der Waals surface area contributed by atoms with Gasteiger partial charge in [0, 0.05) is 5.56 Å². The molecule has 7 rings (SSSR count). The Morgan fingerprint density at radius 3 is 1.93 bits per heavy atom. The molecule has 2 amide bonds. The third-order valence-electron chi connectivity index (χ3n) is 9.34. The quantitative estimate of drug-likeness (QED) is 0.108. The van der Waals surface area contributed by atoms with Crippen molar-refractivity contribution in [3.63, 3.8) is 0 Å². The van der Waals surface area contributed by atoms with Crippen molar-refractivity contribution in [2.75, 3.05) is 11.5 Å². The molecular formula is C37H29NO7. The maximum atomic E-state index is 13.6. The summed E-state index contributed by atoms with van der Waals surface area (Å²) in [7, 11) is 0. The van der Waals surface area contributed by atoms with Gasteiger partial charge in [0.2, 0.25) is 11.8 Å². The van der Waals surface area contributed by atoms with E-state index in [1.165, 1.54) is 46.9 Å². The molecule has 8 heteroatoms. The van der Waals surface area contributed by atoms with Gasteiger partial charge in [0.25, 0.3) is 0 Å². The first-order chi connectivity index (χ1) is 21.9. The van der Waals surface area contributed by atoms with E-state index in [9.17, 15) is 24.0 Å². The van der Waals surface area contributed by atoms with Crippen LogP contribution < -0.4 is 9.64 Å². The Balaban J connectivity index is 0.953. The Bertz CT molecular complexity index is 1780. The second-order valence-corrected chi connectivity index (χ2v) is 11.8. The molecule has 3 fully saturated rings. The molecule has 2 aliphatic carbocycles. The highest BCUT2D eigenvalue weighted by Crippen LogP contribution is 2.61. The van der Waals surface area contributed by atoms with Gasteiger partial charge in [-0.1, -0.05) is 48.5 Å². The van der Waals surface area contributed by atoms with E-state index in [-0.39, 0.29) is 58.3 Å². The summed E-state index contributed by atoms with van der Waals surface area (Å²) in [6.07, 6.45) is 1.81. The van der Waals surface area contributed by atoms with Crippen molar-refractivity contribution >= 4 is 35.2 Å². The van der Waals surface area contributed by atoms with Crippen LogP contribution in [-0.4, -0.2) is 36.1 Å². The lowest BCUT2D eigenvalue weighted by Crippen LogP contribution is -2.33. The van der Waals surface area contributed by atoms with Crippen LogP contribution in [0.1, 0.15) is 55.4 Å². The maximum Gasteiger partial charge on any atom is 0.343 e. The maximum absolute atomic E-state index is 13.6. The van der Waals surface area contributed by atoms with E-state index in [0.717, 1.165) is 12.8 Å². The minimum Gasteiger partial charge on any atom is -0.454 e. The van der Waals surface area contributed by atoms with Gasteiger partial charge in [-0.15, -0.1) is 0 Å². The molecule has 1 aliphatic heterocycles. The number of nitrogens with zero attached hydrogens (tertiary/aromatic N) is 1. The van der Waals surface area contributed by atoms with Gasteiger partial charge < -0.3 is 9.47 Å². The van der Waals surface area contributed by atoms with Crippen molar-refractivity contribution in [2.45, 2.75) is 18.8 Å². The van der Waals surface area contributed by atoms with Gasteiger partial charge >= 0.3 is 11.9 Å². The molecule has 0 N–H and O–H groups in total. The summed E-state index contributed by atoms with van der Waals surface area (Å²) in [6.45, 7) is -0.485. The van der Waals surface area contributed by atoms with Crippen molar-refractivity contribution in [1.29, 1.82) is 0 Å². The normalized spacial score (nSPS) is 23.1. The Hall–Kier alpha value is -5.37. The molecule has 4 aromatic carbocycles. The standard InChI is InChI=1S/C37H29NO7/c39-31(23-13-17-28(18-14-23)45-37(43)24-9-5-2-6-10-24)21-44-36(42)25-11-15-27(16-12-25)38-34(40)32-26-19-29(22-7-3-1-4-8-22)30(20-26)33(32)35(38)41/h1-18,26,29-30,32-33H,19-21H2/t26-,29+,30+,32+,33+/m0/s1. The molecular weight excluding hydrogens is 570 g/mol. The number of hydrogen-bond acceptors (Lipinski definition) is 7. The number of benzene rings is 4. The largest absolute Gasteiger partial charge is 0.454 e. The van der Waals surface area contributed by atoms with Crippen LogP contribution in [-0.2, 0) is 14.3 Å². The molecule has 224 valence electrons. The van der Waals surface area contributed by atoms with E-state index in [1.54, 1.807) is 42.5 Å². The van der Waals surface area contributed by atoms with Gasteiger partial charge in [0.15, 0.2) is 12.4 Å². The smallest absolute Gasteiger partial charge is 0.343 e. The fraction of sp³-hybridized carbons (Fsp3) is 0.216. The summed E-state index contributed by atoms with van der Waals surface area (Å²) in [4.78, 5) is 65.9. The Labute approximate surface area is 259 Å². The number of carbonyl (C=O) groups is 5. The first kappa shape index (κ1) is 28.4. The summed E-state index contributed by atoms with van der Waals surface area (Å²) in [5, 5.41) is 0. The van der Waals surface area contributed by atoms with E-state index in [2.05, 4.69) is 12.1 Å². The van der Waals surface area contributed by atoms with Gasteiger partial charge in [-0.25, -0.2) is 9.59 Å².